The Bertz CT molecular complexity index is 1120. The molecule has 33 heavy (non-hydrogen) atoms. The van der Waals surface area contributed by atoms with Crippen LogP contribution in [0.1, 0.15) is 61.7 Å². The molecule has 2 fully saturated rings. The number of hydrogen-bond acceptors (Lipinski definition) is 5. The summed E-state index contributed by atoms with van der Waals surface area (Å²) in [4.78, 5) is 4.31. The Balaban J connectivity index is 1.28. The summed E-state index contributed by atoms with van der Waals surface area (Å²) in [5.41, 5.74) is 2.54. The molecule has 1 unspecified atom stereocenters. The average Bonchev–Trinajstić information content (AvgIpc) is 3.18. The first-order valence-corrected chi connectivity index (χ1v) is 12.5. The third-order valence-corrected chi connectivity index (χ3v) is 7.74. The largest absolute Gasteiger partial charge is 0.474 e. The molecule has 3 aromatic rings. The van der Waals surface area contributed by atoms with Crippen molar-refractivity contribution in [1.29, 1.82) is 0 Å². The second-order valence-electron chi connectivity index (χ2n) is 9.85. The minimum absolute atomic E-state index is 0.0738. The summed E-state index contributed by atoms with van der Waals surface area (Å²) in [5, 5.41) is 10.3. The smallest absolute Gasteiger partial charge is 0.213 e. The van der Waals surface area contributed by atoms with Gasteiger partial charge >= 0.3 is 0 Å². The monoisotopic (exact) mass is 464 g/mol. The number of pyridine rings is 1. The lowest BCUT2D eigenvalue weighted by molar-refractivity contribution is -0.00800. The number of fused-ring (bicyclic) bond motifs is 3. The van der Waals surface area contributed by atoms with Gasteiger partial charge in [-0.3, -0.25) is 4.57 Å². The zero-order valence-corrected chi connectivity index (χ0v) is 19.5. The molecule has 6 rings (SSSR count). The highest BCUT2D eigenvalue weighted by Gasteiger charge is 2.40. The van der Waals surface area contributed by atoms with E-state index in [0.717, 1.165) is 81.3 Å². The van der Waals surface area contributed by atoms with Gasteiger partial charge in [-0.15, -0.1) is 10.2 Å². The van der Waals surface area contributed by atoms with Gasteiger partial charge < -0.3 is 9.47 Å². The van der Waals surface area contributed by atoms with Gasteiger partial charge in [0, 0.05) is 41.6 Å². The lowest BCUT2D eigenvalue weighted by Crippen LogP contribution is -2.35. The molecule has 4 heterocycles. The van der Waals surface area contributed by atoms with Crippen molar-refractivity contribution in [1.82, 2.24) is 19.7 Å². The SMILES string of the molecule is Clc1ccc2c(c1)CC1(CCCOC1)Cc1nnc(C3CCC(Oc4ccccn4)CC3)n1-2. The molecule has 2 aromatic heterocycles. The maximum atomic E-state index is 6.44. The molecule has 1 aromatic carbocycles. The predicted molar refractivity (Wildman–Crippen MR) is 126 cm³/mol. The number of hydrogen-bond donors (Lipinski definition) is 0. The lowest BCUT2D eigenvalue weighted by atomic mass is 9.75. The number of ether oxygens (including phenoxy) is 2. The molecule has 0 radical (unpaired) electrons. The number of benzene rings is 1. The average molecular weight is 465 g/mol. The Kier molecular flexibility index (Phi) is 5.59. The van der Waals surface area contributed by atoms with E-state index in [9.17, 15) is 0 Å². The van der Waals surface area contributed by atoms with Gasteiger partial charge in [-0.2, -0.15) is 0 Å². The summed E-state index contributed by atoms with van der Waals surface area (Å²) in [5.74, 6) is 3.22. The van der Waals surface area contributed by atoms with Crippen LogP contribution >= 0.6 is 11.6 Å². The van der Waals surface area contributed by atoms with Crippen LogP contribution in [-0.4, -0.2) is 39.1 Å². The predicted octanol–water partition coefficient (Wildman–Crippen LogP) is 5.32. The molecule has 1 saturated carbocycles. The zero-order valence-electron chi connectivity index (χ0n) is 18.8. The molecule has 1 saturated heterocycles. The Hall–Kier alpha value is -2.44. The molecule has 1 spiro atoms. The number of rotatable bonds is 3. The van der Waals surface area contributed by atoms with E-state index in [1.54, 1.807) is 6.20 Å². The van der Waals surface area contributed by atoms with Crippen molar-refractivity contribution >= 4 is 11.6 Å². The summed E-state index contributed by atoms with van der Waals surface area (Å²) >= 11 is 6.44. The van der Waals surface area contributed by atoms with E-state index < -0.39 is 0 Å². The first kappa shape index (κ1) is 21.1. The van der Waals surface area contributed by atoms with Crippen LogP contribution in [-0.2, 0) is 17.6 Å². The quantitative estimate of drug-likeness (QED) is 0.525. The fraction of sp³-hybridized carbons (Fsp3) is 0.500. The van der Waals surface area contributed by atoms with Crippen LogP contribution in [0, 0.1) is 5.41 Å². The fourth-order valence-corrected chi connectivity index (χ4v) is 6.10. The maximum Gasteiger partial charge on any atom is 0.213 e. The zero-order chi connectivity index (χ0) is 22.3. The Morgan fingerprint density at radius 1 is 1.06 bits per heavy atom. The van der Waals surface area contributed by atoms with Crippen molar-refractivity contribution in [2.24, 2.45) is 5.41 Å². The normalized spacial score (nSPS) is 26.9. The summed E-state index contributed by atoms with van der Waals surface area (Å²) in [6, 6.07) is 12.1. The highest BCUT2D eigenvalue weighted by Crippen LogP contribution is 2.43. The van der Waals surface area contributed by atoms with E-state index in [-0.39, 0.29) is 11.5 Å². The Morgan fingerprint density at radius 3 is 2.76 bits per heavy atom. The van der Waals surface area contributed by atoms with E-state index in [2.05, 4.69) is 21.7 Å². The second-order valence-corrected chi connectivity index (χ2v) is 10.3. The van der Waals surface area contributed by atoms with E-state index in [4.69, 9.17) is 31.3 Å². The van der Waals surface area contributed by atoms with Gasteiger partial charge in [-0.05, 0) is 74.8 Å². The van der Waals surface area contributed by atoms with Crippen LogP contribution in [0.15, 0.2) is 42.6 Å². The van der Waals surface area contributed by atoms with Crippen LogP contribution in [0.5, 0.6) is 5.88 Å². The fourth-order valence-electron chi connectivity index (χ4n) is 5.90. The second kappa shape index (κ2) is 8.73. The molecule has 172 valence electrons. The van der Waals surface area contributed by atoms with Crippen LogP contribution in [0.3, 0.4) is 0 Å². The number of aromatic nitrogens is 4. The minimum Gasteiger partial charge on any atom is -0.474 e. The van der Waals surface area contributed by atoms with Gasteiger partial charge in [0.1, 0.15) is 17.8 Å². The van der Waals surface area contributed by atoms with Gasteiger partial charge in [0.15, 0.2) is 0 Å². The molecular weight excluding hydrogens is 436 g/mol. The van der Waals surface area contributed by atoms with Crippen molar-refractivity contribution in [3.8, 4) is 11.6 Å². The first-order chi connectivity index (χ1) is 16.2. The van der Waals surface area contributed by atoms with Crippen LogP contribution in [0.25, 0.3) is 5.69 Å². The Morgan fingerprint density at radius 2 is 1.97 bits per heavy atom. The van der Waals surface area contributed by atoms with E-state index >= 15 is 0 Å². The van der Waals surface area contributed by atoms with Crippen molar-refractivity contribution < 1.29 is 9.47 Å². The van der Waals surface area contributed by atoms with Crippen LogP contribution < -0.4 is 4.74 Å². The lowest BCUT2D eigenvalue weighted by Gasteiger charge is -2.35. The van der Waals surface area contributed by atoms with Crippen molar-refractivity contribution in [2.45, 2.75) is 63.4 Å². The van der Waals surface area contributed by atoms with Crippen LogP contribution in [0.2, 0.25) is 5.02 Å². The third kappa shape index (κ3) is 4.15. The van der Waals surface area contributed by atoms with Gasteiger partial charge in [-0.1, -0.05) is 17.7 Å². The van der Waals surface area contributed by atoms with Gasteiger partial charge in [0.2, 0.25) is 5.88 Å². The molecule has 6 nitrogen and oxygen atoms in total. The van der Waals surface area contributed by atoms with Crippen molar-refractivity contribution in [3.63, 3.8) is 0 Å². The molecule has 0 bridgehead atoms. The molecule has 0 N–H and O–H groups in total. The summed E-state index contributed by atoms with van der Waals surface area (Å²) in [6.45, 7) is 1.63. The van der Waals surface area contributed by atoms with E-state index in [1.165, 1.54) is 11.3 Å². The van der Waals surface area contributed by atoms with Gasteiger partial charge in [0.25, 0.3) is 0 Å². The standard InChI is InChI=1S/C26H29ClN4O2/c27-20-7-10-22-19(14-20)15-26(11-3-13-32-17-26)16-23-29-30-25(31(22)23)18-5-8-21(9-6-18)33-24-4-1-2-12-28-24/h1-2,4,7,10,12,14,18,21H,3,5-6,8-9,11,13,15-17H2. The summed E-state index contributed by atoms with van der Waals surface area (Å²) < 4.78 is 14.4. The van der Waals surface area contributed by atoms with E-state index in [1.807, 2.05) is 24.3 Å². The molecule has 7 heteroatoms. The van der Waals surface area contributed by atoms with Crippen LogP contribution in [0.4, 0.5) is 0 Å². The number of halogens is 1. The molecule has 1 aliphatic carbocycles. The summed E-state index contributed by atoms with van der Waals surface area (Å²) in [6.07, 6.45) is 10.1. The molecule has 0 amide bonds. The Labute approximate surface area is 199 Å². The minimum atomic E-state index is 0.0738. The highest BCUT2D eigenvalue weighted by atomic mass is 35.5. The third-order valence-electron chi connectivity index (χ3n) is 7.50. The highest BCUT2D eigenvalue weighted by molar-refractivity contribution is 6.30. The topological polar surface area (TPSA) is 62.1 Å². The molecule has 1 atom stereocenters. The maximum absolute atomic E-state index is 6.44. The number of nitrogens with zero attached hydrogens (tertiary/aromatic N) is 4. The van der Waals surface area contributed by atoms with E-state index in [0.29, 0.717) is 11.8 Å². The van der Waals surface area contributed by atoms with Crippen molar-refractivity contribution in [2.75, 3.05) is 13.2 Å². The molecule has 2 aliphatic heterocycles. The molecule has 3 aliphatic rings. The van der Waals surface area contributed by atoms with Gasteiger partial charge in [-0.25, -0.2) is 4.98 Å². The van der Waals surface area contributed by atoms with Gasteiger partial charge in [0.05, 0.1) is 12.3 Å². The summed E-state index contributed by atoms with van der Waals surface area (Å²) in [7, 11) is 0. The first-order valence-electron chi connectivity index (χ1n) is 12.1. The molecular formula is C26H29ClN4O2. The van der Waals surface area contributed by atoms with Crippen molar-refractivity contribution in [3.05, 3.63) is 64.8 Å².